The highest BCUT2D eigenvalue weighted by molar-refractivity contribution is 5.55. The highest BCUT2D eigenvalue weighted by Gasteiger charge is 2.20. The molecule has 0 heterocycles. The Labute approximate surface area is 66.5 Å². The smallest absolute Gasteiger partial charge is 0.123 e. The fourth-order valence-corrected chi connectivity index (χ4v) is 1.41. The molecule has 2 atom stereocenters. The summed E-state index contributed by atoms with van der Waals surface area (Å²) in [6.07, 6.45) is 7.39. The first-order valence-electron chi connectivity index (χ1n) is 3.87. The Bertz CT molecular complexity index is 202. The van der Waals surface area contributed by atoms with Crippen LogP contribution in [0.2, 0.25) is 0 Å². The molecule has 2 heteroatoms. The van der Waals surface area contributed by atoms with Gasteiger partial charge in [-0.3, -0.25) is 0 Å². The van der Waals surface area contributed by atoms with Gasteiger partial charge in [0.25, 0.3) is 0 Å². The fourth-order valence-electron chi connectivity index (χ4n) is 1.41. The second-order valence-corrected chi connectivity index (χ2v) is 2.83. The Hall–Kier alpha value is -1.10. The van der Waals surface area contributed by atoms with E-state index in [-0.39, 0.29) is 11.8 Å². The Morgan fingerprint density at radius 1 is 1.73 bits per heavy atom. The summed E-state index contributed by atoms with van der Waals surface area (Å²) < 4.78 is 0. The summed E-state index contributed by atoms with van der Waals surface area (Å²) in [4.78, 5) is 10.5. The molecular formula is C9H11NO. The number of hydrogen-bond donors (Lipinski definition) is 0. The van der Waals surface area contributed by atoms with Crippen molar-refractivity contribution >= 4 is 6.29 Å². The molecule has 0 saturated heterocycles. The van der Waals surface area contributed by atoms with Crippen LogP contribution in [0.15, 0.2) is 12.2 Å². The van der Waals surface area contributed by atoms with E-state index in [0.717, 1.165) is 19.1 Å². The van der Waals surface area contributed by atoms with Crippen LogP contribution < -0.4 is 0 Å². The minimum Gasteiger partial charge on any atom is -0.303 e. The highest BCUT2D eigenvalue weighted by Crippen LogP contribution is 2.24. The molecular weight excluding hydrogens is 138 g/mol. The van der Waals surface area contributed by atoms with Crippen molar-refractivity contribution in [3.8, 4) is 6.07 Å². The summed E-state index contributed by atoms with van der Waals surface area (Å²) in [5.74, 6) is 0.255. The highest BCUT2D eigenvalue weighted by atomic mass is 16.1. The molecule has 0 unspecified atom stereocenters. The second kappa shape index (κ2) is 3.92. The van der Waals surface area contributed by atoms with Crippen molar-refractivity contribution in [3.05, 3.63) is 12.2 Å². The fraction of sp³-hybridized carbons (Fsp3) is 0.556. The van der Waals surface area contributed by atoms with E-state index in [1.54, 1.807) is 0 Å². The van der Waals surface area contributed by atoms with Crippen molar-refractivity contribution in [2.75, 3.05) is 0 Å². The molecule has 0 saturated carbocycles. The molecule has 1 rings (SSSR count). The van der Waals surface area contributed by atoms with Gasteiger partial charge in [-0.25, -0.2) is 0 Å². The number of carbonyl (C=O) groups is 1. The quantitative estimate of drug-likeness (QED) is 0.442. The van der Waals surface area contributed by atoms with E-state index in [4.69, 9.17) is 5.26 Å². The average Bonchev–Trinajstić information content (AvgIpc) is 2.06. The first-order chi connectivity index (χ1) is 5.38. The maximum Gasteiger partial charge on any atom is 0.123 e. The molecule has 0 aromatic carbocycles. The summed E-state index contributed by atoms with van der Waals surface area (Å²) in [7, 11) is 0. The van der Waals surface area contributed by atoms with E-state index in [9.17, 15) is 4.79 Å². The largest absolute Gasteiger partial charge is 0.303 e. The van der Waals surface area contributed by atoms with Gasteiger partial charge in [-0.1, -0.05) is 12.2 Å². The van der Waals surface area contributed by atoms with Crippen LogP contribution >= 0.6 is 0 Å². The number of carbonyl (C=O) groups excluding carboxylic acids is 1. The molecule has 0 aliphatic heterocycles. The van der Waals surface area contributed by atoms with E-state index >= 15 is 0 Å². The summed E-state index contributed by atoms with van der Waals surface area (Å²) in [5, 5.41) is 8.43. The van der Waals surface area contributed by atoms with Gasteiger partial charge in [0.2, 0.25) is 0 Å². The average molecular weight is 149 g/mol. The molecule has 0 aromatic heterocycles. The molecule has 0 fully saturated rings. The Morgan fingerprint density at radius 3 is 3.18 bits per heavy atom. The maximum absolute atomic E-state index is 10.5. The van der Waals surface area contributed by atoms with Gasteiger partial charge in [-0.05, 0) is 18.8 Å². The minimum absolute atomic E-state index is 0.0830. The van der Waals surface area contributed by atoms with Crippen molar-refractivity contribution < 1.29 is 4.79 Å². The molecule has 1 aliphatic rings. The van der Waals surface area contributed by atoms with E-state index in [1.807, 2.05) is 6.08 Å². The molecule has 2 nitrogen and oxygen atoms in total. The van der Waals surface area contributed by atoms with Gasteiger partial charge < -0.3 is 4.79 Å². The predicted molar refractivity (Wildman–Crippen MR) is 41.6 cm³/mol. The van der Waals surface area contributed by atoms with E-state index in [2.05, 4.69) is 12.1 Å². The lowest BCUT2D eigenvalue weighted by atomic mass is 9.83. The lowest BCUT2D eigenvalue weighted by molar-refractivity contribution is -0.112. The third kappa shape index (κ3) is 1.91. The zero-order chi connectivity index (χ0) is 8.10. The number of aldehydes is 1. The first kappa shape index (κ1) is 8.00. The van der Waals surface area contributed by atoms with Crippen LogP contribution in [0.3, 0.4) is 0 Å². The minimum atomic E-state index is 0.0830. The Morgan fingerprint density at radius 2 is 2.55 bits per heavy atom. The zero-order valence-electron chi connectivity index (χ0n) is 6.36. The van der Waals surface area contributed by atoms with Crippen LogP contribution in [0.4, 0.5) is 0 Å². The van der Waals surface area contributed by atoms with Crippen molar-refractivity contribution in [2.24, 2.45) is 11.8 Å². The lowest BCUT2D eigenvalue weighted by Crippen LogP contribution is -2.16. The first-order valence-corrected chi connectivity index (χ1v) is 3.87. The zero-order valence-corrected chi connectivity index (χ0v) is 6.36. The monoisotopic (exact) mass is 149 g/mol. The summed E-state index contributed by atoms with van der Waals surface area (Å²) >= 11 is 0. The standard InChI is InChI=1S/C9H11NO/c10-6-5-8-3-1-2-4-9(8)7-11/h1,3,7-9H,2,4-5H2/t8-,9-/m0/s1. The van der Waals surface area contributed by atoms with Gasteiger partial charge in [-0.2, -0.15) is 5.26 Å². The SMILES string of the molecule is N#CC[C@@H]1C=CCC[C@H]1C=O. The molecule has 0 N–H and O–H groups in total. The maximum atomic E-state index is 10.5. The predicted octanol–water partition coefficient (Wildman–Crippen LogP) is 1.68. The van der Waals surface area contributed by atoms with E-state index in [0.29, 0.717) is 6.42 Å². The van der Waals surface area contributed by atoms with Gasteiger partial charge in [0.1, 0.15) is 6.29 Å². The summed E-state index contributed by atoms with van der Waals surface area (Å²) in [6.45, 7) is 0. The van der Waals surface area contributed by atoms with Crippen molar-refractivity contribution in [1.82, 2.24) is 0 Å². The van der Waals surface area contributed by atoms with Gasteiger partial charge in [-0.15, -0.1) is 0 Å². The Balaban J connectivity index is 2.58. The van der Waals surface area contributed by atoms with Crippen molar-refractivity contribution in [2.45, 2.75) is 19.3 Å². The molecule has 11 heavy (non-hydrogen) atoms. The normalized spacial score (nSPS) is 29.4. The number of nitrogens with zero attached hydrogens (tertiary/aromatic N) is 1. The molecule has 0 bridgehead atoms. The molecule has 1 aliphatic carbocycles. The lowest BCUT2D eigenvalue weighted by Gasteiger charge is -2.19. The Kier molecular flexibility index (Phi) is 2.85. The third-order valence-corrected chi connectivity index (χ3v) is 2.10. The second-order valence-electron chi connectivity index (χ2n) is 2.83. The number of allylic oxidation sites excluding steroid dienone is 2. The number of nitriles is 1. The van der Waals surface area contributed by atoms with Gasteiger partial charge in [0, 0.05) is 12.3 Å². The van der Waals surface area contributed by atoms with Gasteiger partial charge in [0.05, 0.1) is 6.07 Å². The van der Waals surface area contributed by atoms with E-state index < -0.39 is 0 Å². The number of rotatable bonds is 2. The molecule has 0 spiro atoms. The van der Waals surface area contributed by atoms with Crippen LogP contribution in [-0.4, -0.2) is 6.29 Å². The van der Waals surface area contributed by atoms with Crippen LogP contribution in [0.1, 0.15) is 19.3 Å². The molecule has 0 amide bonds. The van der Waals surface area contributed by atoms with E-state index in [1.165, 1.54) is 0 Å². The number of hydrogen-bond acceptors (Lipinski definition) is 2. The summed E-state index contributed by atoms with van der Waals surface area (Å²) in [6, 6.07) is 2.09. The van der Waals surface area contributed by atoms with Crippen molar-refractivity contribution in [3.63, 3.8) is 0 Å². The van der Waals surface area contributed by atoms with Crippen LogP contribution in [0, 0.1) is 23.2 Å². The van der Waals surface area contributed by atoms with Crippen LogP contribution in [0.25, 0.3) is 0 Å². The summed E-state index contributed by atoms with van der Waals surface area (Å²) in [5.41, 5.74) is 0. The molecule has 58 valence electrons. The van der Waals surface area contributed by atoms with Gasteiger partial charge in [0.15, 0.2) is 0 Å². The topological polar surface area (TPSA) is 40.9 Å². The van der Waals surface area contributed by atoms with Crippen LogP contribution in [0.5, 0.6) is 0 Å². The van der Waals surface area contributed by atoms with Gasteiger partial charge >= 0.3 is 0 Å². The third-order valence-electron chi connectivity index (χ3n) is 2.10. The van der Waals surface area contributed by atoms with Crippen LogP contribution in [-0.2, 0) is 4.79 Å². The molecule has 0 aromatic rings. The van der Waals surface area contributed by atoms with Crippen molar-refractivity contribution in [1.29, 1.82) is 5.26 Å². The molecule has 0 radical (unpaired) electrons.